The lowest BCUT2D eigenvalue weighted by molar-refractivity contribution is 0.393. The monoisotopic (exact) mass is 196 g/mol. The fourth-order valence-corrected chi connectivity index (χ4v) is 1.73. The molecule has 1 aromatic heterocycles. The fourth-order valence-electron chi connectivity index (χ4n) is 1.73. The van der Waals surface area contributed by atoms with Crippen LogP contribution in [0, 0.1) is 0 Å². The van der Waals surface area contributed by atoms with Gasteiger partial charge in [0.05, 0.1) is 0 Å². The Morgan fingerprint density at radius 2 is 1.80 bits per heavy atom. The summed E-state index contributed by atoms with van der Waals surface area (Å²) in [5.41, 5.74) is 1.82. The Morgan fingerprint density at radius 3 is 2.67 bits per heavy atom. The molecule has 0 spiro atoms. The first-order valence-corrected chi connectivity index (χ1v) is 4.70. The number of rotatable bonds is 1. The molecule has 0 radical (unpaired) electrons. The number of benzene rings is 2. The second kappa shape index (κ2) is 3.20. The van der Waals surface area contributed by atoms with Crippen molar-refractivity contribution in [3.8, 4) is 11.3 Å². The van der Waals surface area contributed by atoms with Gasteiger partial charge in [-0.05, 0) is 10.8 Å². The highest BCUT2D eigenvalue weighted by Gasteiger charge is 2.05. The van der Waals surface area contributed by atoms with Gasteiger partial charge in [0.15, 0.2) is 6.26 Å². The lowest BCUT2D eigenvalue weighted by Gasteiger charge is -2.01. The van der Waals surface area contributed by atoms with E-state index in [1.807, 2.05) is 24.3 Å². The third-order valence-electron chi connectivity index (χ3n) is 2.43. The molecular weight excluding hydrogens is 188 g/mol. The van der Waals surface area contributed by atoms with Gasteiger partial charge in [0.25, 0.3) is 0 Å². The summed E-state index contributed by atoms with van der Waals surface area (Å²) >= 11 is 0. The molecule has 0 bridgehead atoms. The van der Waals surface area contributed by atoms with E-state index in [4.69, 9.17) is 4.52 Å². The molecule has 0 aliphatic heterocycles. The van der Waals surface area contributed by atoms with Crippen LogP contribution in [0.15, 0.2) is 53.3 Å². The zero-order valence-corrected chi connectivity index (χ0v) is 7.92. The van der Waals surface area contributed by atoms with Crippen molar-refractivity contribution in [1.82, 2.24) is 10.4 Å². The minimum atomic E-state index is 0.770. The number of nitrogens with zero attached hydrogens (tertiary/aromatic N) is 2. The van der Waals surface area contributed by atoms with E-state index in [1.165, 1.54) is 5.39 Å². The van der Waals surface area contributed by atoms with Gasteiger partial charge in [0.1, 0.15) is 5.69 Å². The summed E-state index contributed by atoms with van der Waals surface area (Å²) in [6.07, 6.45) is 1.56. The Hall–Kier alpha value is -2.16. The van der Waals surface area contributed by atoms with E-state index in [9.17, 15) is 0 Å². The number of hydrogen-bond donors (Lipinski definition) is 0. The van der Waals surface area contributed by atoms with E-state index in [1.54, 1.807) is 6.26 Å². The van der Waals surface area contributed by atoms with E-state index in [-0.39, 0.29) is 0 Å². The maximum Gasteiger partial charge on any atom is 0.152 e. The Labute approximate surface area is 86.3 Å². The summed E-state index contributed by atoms with van der Waals surface area (Å²) in [5, 5.41) is 9.76. The smallest absolute Gasteiger partial charge is 0.152 e. The zero-order valence-electron chi connectivity index (χ0n) is 7.92. The van der Waals surface area contributed by atoms with Gasteiger partial charge in [-0.2, -0.15) is 0 Å². The molecule has 0 N–H and O–H groups in total. The molecule has 3 heteroatoms. The van der Waals surface area contributed by atoms with Crippen molar-refractivity contribution in [2.24, 2.45) is 0 Å². The molecule has 3 nitrogen and oxygen atoms in total. The molecule has 0 aliphatic carbocycles. The van der Waals surface area contributed by atoms with Gasteiger partial charge < -0.3 is 4.52 Å². The van der Waals surface area contributed by atoms with Gasteiger partial charge in [-0.3, -0.25) is 0 Å². The van der Waals surface area contributed by atoms with Crippen LogP contribution >= 0.6 is 0 Å². The highest BCUT2D eigenvalue weighted by atomic mass is 16.5. The topological polar surface area (TPSA) is 38.9 Å². The van der Waals surface area contributed by atoms with Gasteiger partial charge in [-0.15, -0.1) is 5.10 Å². The number of aromatic nitrogens is 2. The van der Waals surface area contributed by atoms with Crippen LogP contribution in [0.3, 0.4) is 0 Å². The molecule has 2 aromatic carbocycles. The Balaban J connectivity index is 2.36. The molecule has 72 valence electrons. The molecule has 0 unspecified atom stereocenters. The normalized spacial score (nSPS) is 10.7. The van der Waals surface area contributed by atoms with Crippen LogP contribution in [0.4, 0.5) is 0 Å². The molecule has 3 aromatic rings. The average Bonchev–Trinajstić information content (AvgIpc) is 2.82. The summed E-state index contributed by atoms with van der Waals surface area (Å²) in [6.45, 7) is 0. The van der Waals surface area contributed by atoms with Crippen LogP contribution in [-0.4, -0.2) is 10.4 Å². The molecular formula is C12H8N2O. The van der Waals surface area contributed by atoms with Gasteiger partial charge in [0, 0.05) is 10.8 Å². The standard InChI is InChI=1S/C12H8N2O/c1-2-6-10-9(4-1)5-3-7-11(10)12-8-15-14-13-12/h1-8H. The number of fused-ring (bicyclic) bond motifs is 1. The van der Waals surface area contributed by atoms with Gasteiger partial charge in [-0.25, -0.2) is 0 Å². The molecule has 0 fully saturated rings. The minimum Gasteiger partial charge on any atom is -0.345 e. The summed E-state index contributed by atoms with van der Waals surface area (Å²) in [7, 11) is 0. The first-order chi connectivity index (χ1) is 7.45. The largest absolute Gasteiger partial charge is 0.345 e. The van der Waals surface area contributed by atoms with E-state index < -0.39 is 0 Å². The molecule has 0 saturated heterocycles. The summed E-state index contributed by atoms with van der Waals surface area (Å²) < 4.78 is 4.76. The van der Waals surface area contributed by atoms with Crippen LogP contribution < -0.4 is 0 Å². The van der Waals surface area contributed by atoms with E-state index in [0.29, 0.717) is 0 Å². The molecule has 0 aliphatic rings. The second-order valence-electron chi connectivity index (χ2n) is 3.32. The highest BCUT2D eigenvalue weighted by Crippen LogP contribution is 2.26. The third kappa shape index (κ3) is 1.29. The Bertz CT molecular complexity index is 582. The van der Waals surface area contributed by atoms with Crippen LogP contribution in [0.25, 0.3) is 22.0 Å². The molecule has 15 heavy (non-hydrogen) atoms. The highest BCUT2D eigenvalue weighted by molar-refractivity contribution is 5.95. The average molecular weight is 196 g/mol. The van der Waals surface area contributed by atoms with Crippen LogP contribution in [-0.2, 0) is 0 Å². The predicted octanol–water partition coefficient (Wildman–Crippen LogP) is 2.89. The summed E-state index contributed by atoms with van der Waals surface area (Å²) in [6, 6.07) is 14.3. The number of hydrogen-bond acceptors (Lipinski definition) is 3. The third-order valence-corrected chi connectivity index (χ3v) is 2.43. The molecule has 0 atom stereocenters. The maximum absolute atomic E-state index is 4.76. The lowest BCUT2D eigenvalue weighted by atomic mass is 10.0. The van der Waals surface area contributed by atoms with Crippen molar-refractivity contribution in [1.29, 1.82) is 0 Å². The van der Waals surface area contributed by atoms with Crippen molar-refractivity contribution in [2.75, 3.05) is 0 Å². The zero-order chi connectivity index (χ0) is 10.1. The molecule has 1 heterocycles. The van der Waals surface area contributed by atoms with E-state index in [0.717, 1.165) is 16.6 Å². The predicted molar refractivity (Wildman–Crippen MR) is 57.2 cm³/mol. The van der Waals surface area contributed by atoms with Crippen molar-refractivity contribution in [3.63, 3.8) is 0 Å². The van der Waals surface area contributed by atoms with Crippen LogP contribution in [0.5, 0.6) is 0 Å². The SMILES string of the molecule is c1ccc2c(-c3conn3)cccc2c1. The van der Waals surface area contributed by atoms with Crippen molar-refractivity contribution in [3.05, 3.63) is 48.7 Å². The van der Waals surface area contributed by atoms with Crippen LogP contribution in [0.1, 0.15) is 0 Å². The fraction of sp³-hybridized carbons (Fsp3) is 0. The van der Waals surface area contributed by atoms with Crippen molar-refractivity contribution < 1.29 is 4.52 Å². The van der Waals surface area contributed by atoms with Crippen molar-refractivity contribution >= 4 is 10.8 Å². The van der Waals surface area contributed by atoms with Gasteiger partial charge >= 0.3 is 0 Å². The minimum absolute atomic E-state index is 0.770. The Morgan fingerprint density at radius 1 is 0.933 bits per heavy atom. The quantitative estimate of drug-likeness (QED) is 0.600. The first-order valence-electron chi connectivity index (χ1n) is 4.70. The maximum atomic E-state index is 4.76. The molecule has 3 rings (SSSR count). The van der Waals surface area contributed by atoms with Gasteiger partial charge in [-0.1, -0.05) is 42.5 Å². The molecule has 0 amide bonds. The van der Waals surface area contributed by atoms with E-state index >= 15 is 0 Å². The first kappa shape index (κ1) is 8.17. The lowest BCUT2D eigenvalue weighted by Crippen LogP contribution is -1.80. The van der Waals surface area contributed by atoms with E-state index in [2.05, 4.69) is 28.6 Å². The summed E-state index contributed by atoms with van der Waals surface area (Å²) in [5.74, 6) is 0. The Kier molecular flexibility index (Phi) is 1.75. The van der Waals surface area contributed by atoms with Crippen LogP contribution in [0.2, 0.25) is 0 Å². The molecule has 0 saturated carbocycles. The summed E-state index contributed by atoms with van der Waals surface area (Å²) in [4.78, 5) is 0. The second-order valence-corrected chi connectivity index (χ2v) is 3.32. The van der Waals surface area contributed by atoms with Gasteiger partial charge in [0.2, 0.25) is 0 Å². The van der Waals surface area contributed by atoms with Crippen molar-refractivity contribution in [2.45, 2.75) is 0 Å².